The SMILES string of the molecule is Nc1nc(/C(=N\OCCF)C(=O)N[C@@H]2C(=O)N3C(C(=O)O)=C(Sc4nncs4)CC[C@H]23)cs1. The number of alkyl halides is 1. The molecule has 12 nitrogen and oxygen atoms in total. The van der Waals surface area contributed by atoms with Gasteiger partial charge in [-0.1, -0.05) is 28.3 Å². The molecule has 2 aromatic heterocycles. The van der Waals surface area contributed by atoms with Gasteiger partial charge in [-0.05, 0) is 12.8 Å². The maximum absolute atomic E-state index is 12.9. The number of oxime groups is 1. The Labute approximate surface area is 197 Å². The Hall–Kier alpha value is -3.11. The first-order chi connectivity index (χ1) is 15.9. The third-order valence-corrected chi connectivity index (χ3v) is 7.33. The van der Waals surface area contributed by atoms with Crippen molar-refractivity contribution in [3.63, 3.8) is 0 Å². The van der Waals surface area contributed by atoms with Crippen molar-refractivity contribution in [3.05, 3.63) is 27.2 Å². The van der Waals surface area contributed by atoms with Crippen molar-refractivity contribution < 1.29 is 28.7 Å². The van der Waals surface area contributed by atoms with Crippen LogP contribution in [0.5, 0.6) is 0 Å². The minimum absolute atomic E-state index is 0.114. The lowest BCUT2D eigenvalue weighted by atomic mass is 9.86. The summed E-state index contributed by atoms with van der Waals surface area (Å²) in [6, 6.07) is -1.50. The predicted octanol–water partition coefficient (Wildman–Crippen LogP) is 0.845. The van der Waals surface area contributed by atoms with Crippen LogP contribution in [0.2, 0.25) is 0 Å². The first-order valence-electron chi connectivity index (χ1n) is 9.42. The molecule has 2 aromatic rings. The molecule has 0 aromatic carbocycles. The number of β-lactam (4-membered cyclic amide) rings is 1. The van der Waals surface area contributed by atoms with Crippen LogP contribution in [0, 0.1) is 0 Å². The van der Waals surface area contributed by atoms with E-state index in [0.29, 0.717) is 22.1 Å². The van der Waals surface area contributed by atoms with Crippen LogP contribution in [0.3, 0.4) is 0 Å². The van der Waals surface area contributed by atoms with Gasteiger partial charge >= 0.3 is 5.97 Å². The van der Waals surface area contributed by atoms with Gasteiger partial charge in [0.25, 0.3) is 11.8 Å². The molecule has 1 fully saturated rings. The van der Waals surface area contributed by atoms with Crippen molar-refractivity contribution in [2.24, 2.45) is 5.16 Å². The van der Waals surface area contributed by atoms with Gasteiger partial charge in [0.15, 0.2) is 15.2 Å². The average Bonchev–Trinajstić information content (AvgIpc) is 3.46. The van der Waals surface area contributed by atoms with E-state index in [2.05, 4.69) is 25.7 Å². The number of thiazole rings is 1. The second-order valence-corrected chi connectivity index (χ2v) is 9.75. The van der Waals surface area contributed by atoms with E-state index in [1.807, 2.05) is 0 Å². The number of fused-ring (bicyclic) bond motifs is 1. The molecule has 4 heterocycles. The highest BCUT2D eigenvalue weighted by molar-refractivity contribution is 8.04. The third kappa shape index (κ3) is 4.67. The van der Waals surface area contributed by atoms with E-state index >= 15 is 0 Å². The van der Waals surface area contributed by atoms with Gasteiger partial charge in [0, 0.05) is 10.3 Å². The van der Waals surface area contributed by atoms with Gasteiger partial charge in [-0.2, -0.15) is 0 Å². The minimum atomic E-state index is -1.25. The van der Waals surface area contributed by atoms with Crippen molar-refractivity contribution >= 4 is 63.1 Å². The molecular weight excluding hydrogens is 497 g/mol. The highest BCUT2D eigenvalue weighted by Gasteiger charge is 2.54. The molecule has 0 bridgehead atoms. The molecule has 2 amide bonds. The second kappa shape index (κ2) is 9.80. The van der Waals surface area contributed by atoms with Gasteiger partial charge in [0.1, 0.15) is 36.2 Å². The summed E-state index contributed by atoms with van der Waals surface area (Å²) in [5.41, 5.74) is 6.86. The molecule has 16 heteroatoms. The number of carbonyl (C=O) groups is 3. The number of carboxylic acid groups (broad SMARTS) is 1. The minimum Gasteiger partial charge on any atom is -0.477 e. The van der Waals surface area contributed by atoms with Crippen molar-refractivity contribution in [1.29, 1.82) is 0 Å². The first kappa shape index (κ1) is 23.1. The molecule has 0 aliphatic carbocycles. The first-order valence-corrected chi connectivity index (χ1v) is 12.0. The number of aromatic nitrogens is 3. The van der Waals surface area contributed by atoms with Crippen LogP contribution in [0.15, 0.2) is 31.0 Å². The Balaban J connectivity index is 1.52. The van der Waals surface area contributed by atoms with Crippen LogP contribution >= 0.6 is 34.4 Å². The van der Waals surface area contributed by atoms with E-state index in [9.17, 15) is 23.9 Å². The van der Waals surface area contributed by atoms with Gasteiger partial charge in [-0.15, -0.1) is 21.5 Å². The number of anilines is 1. The van der Waals surface area contributed by atoms with Crippen LogP contribution in [0.4, 0.5) is 9.52 Å². The summed E-state index contributed by atoms with van der Waals surface area (Å²) in [6.45, 7) is -1.17. The number of rotatable bonds is 9. The topological polar surface area (TPSA) is 173 Å². The maximum atomic E-state index is 12.9. The monoisotopic (exact) mass is 513 g/mol. The summed E-state index contributed by atoms with van der Waals surface area (Å²) in [4.78, 5) is 48.1. The summed E-state index contributed by atoms with van der Waals surface area (Å²) < 4.78 is 12.9. The lowest BCUT2D eigenvalue weighted by Gasteiger charge is -2.49. The Morgan fingerprint density at radius 3 is 2.91 bits per heavy atom. The van der Waals surface area contributed by atoms with E-state index in [0.717, 1.165) is 23.1 Å². The Bertz CT molecular complexity index is 1140. The molecule has 0 saturated carbocycles. The summed E-state index contributed by atoms with van der Waals surface area (Å²) in [7, 11) is 0. The molecule has 4 rings (SSSR count). The van der Waals surface area contributed by atoms with Crippen LogP contribution in [0.1, 0.15) is 18.5 Å². The number of hydrogen-bond donors (Lipinski definition) is 3. The third-order valence-electron chi connectivity index (χ3n) is 4.74. The quantitative estimate of drug-likeness (QED) is 0.189. The molecule has 2 aliphatic heterocycles. The molecule has 2 aliphatic rings. The summed E-state index contributed by atoms with van der Waals surface area (Å²) >= 11 is 3.49. The van der Waals surface area contributed by atoms with E-state index in [1.165, 1.54) is 27.1 Å². The van der Waals surface area contributed by atoms with Crippen LogP contribution in [-0.2, 0) is 19.2 Å². The maximum Gasteiger partial charge on any atom is 0.353 e. The lowest BCUT2D eigenvalue weighted by Crippen LogP contribution is -2.72. The zero-order valence-electron chi connectivity index (χ0n) is 16.6. The van der Waals surface area contributed by atoms with Crippen LogP contribution in [0.25, 0.3) is 0 Å². The van der Waals surface area contributed by atoms with Crippen molar-refractivity contribution in [2.75, 3.05) is 19.0 Å². The zero-order chi connectivity index (χ0) is 23.5. The average molecular weight is 514 g/mol. The van der Waals surface area contributed by atoms with Crippen LogP contribution in [-0.4, -0.2) is 74.0 Å². The highest BCUT2D eigenvalue weighted by Crippen LogP contribution is 2.43. The van der Waals surface area contributed by atoms with Gasteiger partial charge in [-0.25, -0.2) is 14.2 Å². The number of carboxylic acids is 1. The summed E-state index contributed by atoms with van der Waals surface area (Å²) in [5.74, 6) is -2.58. The Kier molecular flexibility index (Phi) is 6.85. The molecule has 0 unspecified atom stereocenters. The normalized spacial score (nSPS) is 20.3. The zero-order valence-corrected chi connectivity index (χ0v) is 19.1. The Morgan fingerprint density at radius 2 is 2.27 bits per heavy atom. The number of carbonyl (C=O) groups excluding carboxylic acids is 2. The number of halogens is 1. The standard InChI is InChI=1S/C17H16FN7O5S3/c18-3-4-30-24-10(7-5-31-16(19)21-7)13(26)22-11-8-1-2-9(33-17-23-20-6-32-17)12(15(28)29)25(8)14(11)27/h5-6,8,11H,1-4H2,(H2,19,21)(H,22,26)(H,28,29)/b24-10+/t8-,11+/m1/s1. The summed E-state index contributed by atoms with van der Waals surface area (Å²) in [6.07, 6.45) is 0.818. The number of allylic oxidation sites excluding steroid dienone is 1. The number of nitrogens with two attached hydrogens (primary N) is 1. The van der Waals surface area contributed by atoms with Crippen molar-refractivity contribution in [3.8, 4) is 0 Å². The fourth-order valence-electron chi connectivity index (χ4n) is 3.40. The van der Waals surface area contributed by atoms with Gasteiger partial charge in [0.05, 0.1) is 6.04 Å². The van der Waals surface area contributed by atoms with E-state index in [-0.39, 0.29) is 28.8 Å². The van der Waals surface area contributed by atoms with Gasteiger partial charge in [-0.3, -0.25) is 14.5 Å². The second-order valence-electron chi connectivity index (χ2n) is 6.68. The van der Waals surface area contributed by atoms with Crippen molar-refractivity contribution in [2.45, 2.75) is 29.3 Å². The molecule has 0 spiro atoms. The predicted molar refractivity (Wildman–Crippen MR) is 117 cm³/mol. The number of amides is 2. The molecule has 4 N–H and O–H groups in total. The molecule has 1 saturated heterocycles. The van der Waals surface area contributed by atoms with Crippen LogP contribution < -0.4 is 11.1 Å². The number of hydrogen-bond acceptors (Lipinski definition) is 12. The van der Waals surface area contributed by atoms with Gasteiger partial charge < -0.3 is 21.0 Å². The summed E-state index contributed by atoms with van der Waals surface area (Å²) in [5, 5.41) is 25.2. The van der Waals surface area contributed by atoms with Crippen molar-refractivity contribution in [1.82, 2.24) is 25.4 Å². The number of aliphatic carboxylic acids is 1. The lowest BCUT2D eigenvalue weighted by molar-refractivity contribution is -0.155. The molecular formula is C17H16FN7O5S3. The molecule has 174 valence electrons. The molecule has 0 radical (unpaired) electrons. The van der Waals surface area contributed by atoms with Gasteiger partial charge in [0.2, 0.25) is 0 Å². The number of nitrogen functional groups attached to an aromatic ring is 1. The number of nitrogens with one attached hydrogen (secondary N) is 1. The van der Waals surface area contributed by atoms with E-state index in [4.69, 9.17) is 10.6 Å². The Morgan fingerprint density at radius 1 is 1.45 bits per heavy atom. The highest BCUT2D eigenvalue weighted by atomic mass is 32.2. The fraction of sp³-hybridized carbons (Fsp3) is 0.353. The fourth-order valence-corrected chi connectivity index (χ4v) is 5.65. The molecule has 2 atom stereocenters. The van der Waals surface area contributed by atoms with E-state index in [1.54, 1.807) is 0 Å². The number of nitrogens with zero attached hydrogens (tertiary/aromatic N) is 5. The molecule has 33 heavy (non-hydrogen) atoms. The largest absolute Gasteiger partial charge is 0.477 e. The smallest absolute Gasteiger partial charge is 0.353 e. The number of thioether (sulfide) groups is 1. The van der Waals surface area contributed by atoms with E-state index < -0.39 is 36.5 Å².